The van der Waals surface area contributed by atoms with Crippen LogP contribution in [-0.2, 0) is 16.6 Å². The molecule has 1 unspecified atom stereocenters. The van der Waals surface area contributed by atoms with Gasteiger partial charge in [-0.1, -0.05) is 18.2 Å². The van der Waals surface area contributed by atoms with Gasteiger partial charge in [-0.05, 0) is 18.9 Å². The van der Waals surface area contributed by atoms with Crippen LogP contribution in [0, 0.1) is 5.92 Å². The zero-order valence-corrected chi connectivity index (χ0v) is 16.9. The Kier molecular flexibility index (Phi) is 3.56. The van der Waals surface area contributed by atoms with E-state index in [4.69, 9.17) is 4.74 Å². The molecule has 1 aromatic heterocycles. The Hall–Kier alpha value is -3.03. The van der Waals surface area contributed by atoms with Crippen molar-refractivity contribution in [3.63, 3.8) is 0 Å². The van der Waals surface area contributed by atoms with Gasteiger partial charge >= 0.3 is 6.09 Å². The largest absolute Gasteiger partial charge is 0.437 e. The molecule has 0 N–H and O–H groups in total. The van der Waals surface area contributed by atoms with Gasteiger partial charge in [-0.2, -0.15) is 0 Å². The topological polar surface area (TPSA) is 75.1 Å². The summed E-state index contributed by atoms with van der Waals surface area (Å²) in [7, 11) is 1.94. The average Bonchev–Trinajstić information content (AvgIpc) is 3.47. The number of fused-ring (bicyclic) bond motifs is 3. The van der Waals surface area contributed by atoms with Crippen LogP contribution < -0.4 is 0 Å². The molecule has 1 atom stereocenters. The molecule has 0 bridgehead atoms. The highest BCUT2D eigenvalue weighted by Gasteiger charge is 2.63. The van der Waals surface area contributed by atoms with E-state index in [-0.39, 0.29) is 29.9 Å². The zero-order chi connectivity index (χ0) is 20.6. The standard InChI is InChI=1S/C22H24N4O4/c1-23-10-16(15-4-2-3-5-17(15)23)20(28)24-8-9-26-18(11-24)22(30-21(26)29)12-25(13-22)19(27)14-6-7-14/h2-5,10,14,18H,6-9,11-13H2,1H3. The van der Waals surface area contributed by atoms with E-state index < -0.39 is 5.60 Å². The van der Waals surface area contributed by atoms with Gasteiger partial charge in [-0.15, -0.1) is 0 Å². The highest BCUT2D eigenvalue weighted by molar-refractivity contribution is 6.07. The molecule has 156 valence electrons. The maximum Gasteiger partial charge on any atom is 0.411 e. The number of nitrogens with zero attached hydrogens (tertiary/aromatic N) is 4. The second kappa shape index (κ2) is 6.00. The van der Waals surface area contributed by atoms with Crippen molar-refractivity contribution in [3.05, 3.63) is 36.0 Å². The predicted molar refractivity (Wildman–Crippen MR) is 108 cm³/mol. The quantitative estimate of drug-likeness (QED) is 0.754. The number of aromatic nitrogens is 1. The molecule has 3 amide bonds. The maximum atomic E-state index is 13.4. The maximum absolute atomic E-state index is 13.4. The minimum atomic E-state index is -0.681. The summed E-state index contributed by atoms with van der Waals surface area (Å²) >= 11 is 0. The van der Waals surface area contributed by atoms with Crippen molar-refractivity contribution in [2.75, 3.05) is 32.7 Å². The van der Waals surface area contributed by atoms with Crippen molar-refractivity contribution in [2.45, 2.75) is 24.5 Å². The van der Waals surface area contributed by atoms with Crippen LogP contribution in [0.1, 0.15) is 23.2 Å². The molecule has 1 saturated carbocycles. The number of carbonyl (C=O) groups is 3. The number of benzene rings is 1. The summed E-state index contributed by atoms with van der Waals surface area (Å²) in [5, 5.41) is 0.936. The van der Waals surface area contributed by atoms with Gasteiger partial charge in [0.15, 0.2) is 5.60 Å². The second-order valence-corrected chi connectivity index (χ2v) is 9.03. The monoisotopic (exact) mass is 408 g/mol. The van der Waals surface area contributed by atoms with Crippen LogP contribution in [0.15, 0.2) is 30.5 Å². The SMILES string of the molecule is Cn1cc(C(=O)N2CCN3C(=O)OC4(CN(C(=O)C5CC5)C4)C3C2)c2ccccc21. The summed E-state index contributed by atoms with van der Waals surface area (Å²) in [5.41, 5.74) is 1.02. The van der Waals surface area contributed by atoms with Crippen molar-refractivity contribution >= 4 is 28.8 Å². The van der Waals surface area contributed by atoms with Crippen LogP contribution in [-0.4, -0.2) is 81.5 Å². The molecule has 4 heterocycles. The van der Waals surface area contributed by atoms with E-state index in [1.807, 2.05) is 47.0 Å². The molecule has 6 rings (SSSR count). The third-order valence-corrected chi connectivity index (χ3v) is 7.08. The Bertz CT molecular complexity index is 1080. The van der Waals surface area contributed by atoms with Gasteiger partial charge in [0.25, 0.3) is 5.91 Å². The van der Waals surface area contributed by atoms with E-state index >= 15 is 0 Å². The highest BCUT2D eigenvalue weighted by atomic mass is 16.6. The Morgan fingerprint density at radius 2 is 1.87 bits per heavy atom. The number of ether oxygens (including phenoxy) is 1. The third-order valence-electron chi connectivity index (χ3n) is 7.08. The molecule has 1 aliphatic carbocycles. The van der Waals surface area contributed by atoms with Crippen LogP contribution in [0.5, 0.6) is 0 Å². The molecule has 4 aliphatic rings. The Morgan fingerprint density at radius 3 is 2.63 bits per heavy atom. The zero-order valence-electron chi connectivity index (χ0n) is 16.9. The first kappa shape index (κ1) is 17.8. The molecular formula is C22H24N4O4. The van der Waals surface area contributed by atoms with Crippen LogP contribution in [0.4, 0.5) is 4.79 Å². The molecule has 4 fully saturated rings. The van der Waals surface area contributed by atoms with Crippen molar-refractivity contribution in [1.82, 2.24) is 19.3 Å². The molecule has 8 heteroatoms. The van der Waals surface area contributed by atoms with Crippen LogP contribution in [0.25, 0.3) is 10.9 Å². The number of likely N-dealkylation sites (tertiary alicyclic amines) is 1. The van der Waals surface area contributed by atoms with E-state index in [0.717, 1.165) is 23.7 Å². The van der Waals surface area contributed by atoms with Gasteiger partial charge in [0, 0.05) is 49.7 Å². The number of rotatable bonds is 2. The number of para-hydroxylation sites is 1. The van der Waals surface area contributed by atoms with Crippen LogP contribution in [0.2, 0.25) is 0 Å². The van der Waals surface area contributed by atoms with E-state index in [1.165, 1.54) is 0 Å². The number of hydrogen-bond donors (Lipinski definition) is 0. The number of aryl methyl sites for hydroxylation is 1. The molecule has 3 saturated heterocycles. The Morgan fingerprint density at radius 1 is 1.10 bits per heavy atom. The highest BCUT2D eigenvalue weighted by Crippen LogP contribution is 2.42. The smallest absolute Gasteiger partial charge is 0.411 e. The number of amides is 3. The molecule has 0 radical (unpaired) electrons. The molecule has 8 nitrogen and oxygen atoms in total. The molecule has 1 spiro atoms. The summed E-state index contributed by atoms with van der Waals surface area (Å²) in [5.74, 6) is 0.312. The minimum absolute atomic E-state index is 0.0221. The van der Waals surface area contributed by atoms with E-state index in [9.17, 15) is 14.4 Å². The summed E-state index contributed by atoms with van der Waals surface area (Å²) in [4.78, 5) is 43.6. The molecule has 30 heavy (non-hydrogen) atoms. The lowest BCUT2D eigenvalue weighted by atomic mass is 9.84. The van der Waals surface area contributed by atoms with Gasteiger partial charge in [-0.25, -0.2) is 4.79 Å². The van der Waals surface area contributed by atoms with E-state index in [0.29, 0.717) is 38.3 Å². The lowest BCUT2D eigenvalue weighted by Gasteiger charge is -2.51. The van der Waals surface area contributed by atoms with Crippen molar-refractivity contribution < 1.29 is 19.1 Å². The van der Waals surface area contributed by atoms with Gasteiger partial charge in [0.1, 0.15) is 0 Å². The van der Waals surface area contributed by atoms with E-state index in [2.05, 4.69) is 0 Å². The summed E-state index contributed by atoms with van der Waals surface area (Å²) in [6.07, 6.45) is 3.48. The Balaban J connectivity index is 1.24. The van der Waals surface area contributed by atoms with Crippen LogP contribution >= 0.6 is 0 Å². The van der Waals surface area contributed by atoms with Gasteiger partial charge in [0.05, 0.1) is 24.7 Å². The molecule has 3 aliphatic heterocycles. The van der Waals surface area contributed by atoms with Gasteiger partial charge < -0.3 is 19.1 Å². The molecule has 1 aromatic carbocycles. The first-order valence-corrected chi connectivity index (χ1v) is 10.6. The lowest BCUT2D eigenvalue weighted by Crippen LogP contribution is -2.72. The van der Waals surface area contributed by atoms with Crippen molar-refractivity contribution in [3.8, 4) is 0 Å². The number of piperazine rings is 1. The fraction of sp³-hybridized carbons (Fsp3) is 0.500. The fourth-order valence-corrected chi connectivity index (χ4v) is 5.24. The molecular weight excluding hydrogens is 384 g/mol. The van der Waals surface area contributed by atoms with Gasteiger partial charge in [0.2, 0.25) is 5.91 Å². The normalized spacial score (nSPS) is 24.8. The fourth-order valence-electron chi connectivity index (χ4n) is 5.24. The van der Waals surface area contributed by atoms with Crippen molar-refractivity contribution in [2.24, 2.45) is 13.0 Å². The van der Waals surface area contributed by atoms with Crippen molar-refractivity contribution in [1.29, 1.82) is 0 Å². The predicted octanol–water partition coefficient (Wildman–Crippen LogP) is 1.45. The van der Waals surface area contributed by atoms with Crippen LogP contribution in [0.3, 0.4) is 0 Å². The first-order valence-electron chi connectivity index (χ1n) is 10.6. The lowest BCUT2D eigenvalue weighted by molar-refractivity contribution is -0.156. The third kappa shape index (κ3) is 2.42. The van der Waals surface area contributed by atoms with E-state index in [1.54, 1.807) is 9.80 Å². The summed E-state index contributed by atoms with van der Waals surface area (Å²) < 4.78 is 7.74. The summed E-state index contributed by atoms with van der Waals surface area (Å²) in [6, 6.07) is 7.67. The minimum Gasteiger partial charge on any atom is -0.437 e. The molecule has 2 aromatic rings. The number of hydrogen-bond acceptors (Lipinski definition) is 4. The number of carbonyl (C=O) groups excluding carboxylic acids is 3. The summed E-state index contributed by atoms with van der Waals surface area (Å²) in [6.45, 7) is 2.24. The second-order valence-electron chi connectivity index (χ2n) is 9.03. The Labute approximate surface area is 173 Å². The van der Waals surface area contributed by atoms with Gasteiger partial charge in [-0.3, -0.25) is 14.5 Å². The average molecular weight is 408 g/mol. The first-order chi connectivity index (χ1) is 14.5.